The first-order valence-corrected chi connectivity index (χ1v) is 5.52. The summed E-state index contributed by atoms with van der Waals surface area (Å²) >= 11 is 8.25. The van der Waals surface area contributed by atoms with E-state index in [1.165, 1.54) is 0 Å². The van der Waals surface area contributed by atoms with Crippen LogP contribution in [0.3, 0.4) is 0 Å². The van der Waals surface area contributed by atoms with Crippen molar-refractivity contribution in [2.45, 2.75) is 19.3 Å². The minimum Gasteiger partial charge on any atom is -0.158 e. The SMILES string of the molecule is CC(C)(CI)c1ccnnc1Cl. The van der Waals surface area contributed by atoms with Crippen LogP contribution in [0.4, 0.5) is 0 Å². The highest BCUT2D eigenvalue weighted by Crippen LogP contribution is 2.29. The Labute approximate surface area is 90.9 Å². The van der Waals surface area contributed by atoms with Crippen molar-refractivity contribution in [2.75, 3.05) is 4.43 Å². The molecular weight excluding hydrogens is 286 g/mol. The van der Waals surface area contributed by atoms with E-state index in [2.05, 4.69) is 46.6 Å². The largest absolute Gasteiger partial charge is 0.158 e. The van der Waals surface area contributed by atoms with E-state index in [1.807, 2.05) is 6.07 Å². The van der Waals surface area contributed by atoms with Crippen LogP contribution in [0.25, 0.3) is 0 Å². The van der Waals surface area contributed by atoms with Gasteiger partial charge in [0.15, 0.2) is 5.15 Å². The number of hydrogen-bond donors (Lipinski definition) is 0. The van der Waals surface area contributed by atoms with Crippen LogP contribution in [0.15, 0.2) is 12.3 Å². The average molecular weight is 297 g/mol. The summed E-state index contributed by atoms with van der Waals surface area (Å²) in [6.07, 6.45) is 1.68. The molecule has 4 heteroatoms. The molecule has 1 aromatic heterocycles. The number of alkyl halides is 1. The average Bonchev–Trinajstić information content (AvgIpc) is 2.05. The van der Waals surface area contributed by atoms with E-state index in [-0.39, 0.29) is 5.41 Å². The number of halogens is 2. The Balaban J connectivity index is 3.10. The number of aromatic nitrogens is 2. The third kappa shape index (κ3) is 2.07. The molecule has 0 aliphatic carbocycles. The Morgan fingerprint density at radius 1 is 1.58 bits per heavy atom. The molecule has 1 heterocycles. The van der Waals surface area contributed by atoms with Crippen LogP contribution in [0.5, 0.6) is 0 Å². The van der Waals surface area contributed by atoms with Gasteiger partial charge in [0.05, 0.1) is 0 Å². The monoisotopic (exact) mass is 296 g/mol. The van der Waals surface area contributed by atoms with Crippen molar-refractivity contribution in [3.8, 4) is 0 Å². The quantitative estimate of drug-likeness (QED) is 0.619. The fourth-order valence-electron chi connectivity index (χ4n) is 0.891. The van der Waals surface area contributed by atoms with Crippen LogP contribution in [0.1, 0.15) is 19.4 Å². The number of nitrogens with zero attached hydrogens (tertiary/aromatic N) is 2. The summed E-state index contributed by atoms with van der Waals surface area (Å²) in [5.41, 5.74) is 1.14. The molecule has 0 aliphatic heterocycles. The van der Waals surface area contributed by atoms with E-state index in [9.17, 15) is 0 Å². The van der Waals surface area contributed by atoms with Crippen LogP contribution >= 0.6 is 34.2 Å². The highest BCUT2D eigenvalue weighted by Gasteiger charge is 2.22. The lowest BCUT2D eigenvalue weighted by atomic mass is 9.89. The standard InChI is InChI=1S/C8H10ClIN2/c1-8(2,5-10)6-3-4-11-12-7(6)9/h3-4H,5H2,1-2H3. The summed E-state index contributed by atoms with van der Waals surface area (Å²) in [6, 6.07) is 1.92. The molecule has 0 spiro atoms. The molecule has 2 nitrogen and oxygen atoms in total. The molecule has 0 aliphatic rings. The molecule has 0 bridgehead atoms. The van der Waals surface area contributed by atoms with Gasteiger partial charge in [0.1, 0.15) is 0 Å². The summed E-state index contributed by atoms with van der Waals surface area (Å²) in [7, 11) is 0. The first kappa shape index (κ1) is 10.2. The molecule has 12 heavy (non-hydrogen) atoms. The molecule has 0 unspecified atom stereocenters. The van der Waals surface area contributed by atoms with Crippen LogP contribution in [0, 0.1) is 0 Å². The summed E-state index contributed by atoms with van der Waals surface area (Å²) in [5.74, 6) is 0. The molecule has 0 amide bonds. The predicted octanol–water partition coefficient (Wildman–Crippen LogP) is 2.84. The van der Waals surface area contributed by atoms with Gasteiger partial charge in [-0.3, -0.25) is 0 Å². The highest BCUT2D eigenvalue weighted by molar-refractivity contribution is 14.1. The summed E-state index contributed by atoms with van der Waals surface area (Å²) in [5, 5.41) is 8.03. The first-order valence-electron chi connectivity index (χ1n) is 3.61. The summed E-state index contributed by atoms with van der Waals surface area (Å²) in [4.78, 5) is 0. The Bertz CT molecular complexity index is 276. The molecule has 0 N–H and O–H groups in total. The second kappa shape index (κ2) is 3.87. The molecule has 66 valence electrons. The molecule has 0 aromatic carbocycles. The second-order valence-corrected chi connectivity index (χ2v) is 4.37. The Hall–Kier alpha value is 0.1000. The molecular formula is C8H10ClIN2. The Morgan fingerprint density at radius 3 is 2.75 bits per heavy atom. The number of rotatable bonds is 2. The maximum absolute atomic E-state index is 5.91. The van der Waals surface area contributed by atoms with Crippen molar-refractivity contribution in [3.63, 3.8) is 0 Å². The van der Waals surface area contributed by atoms with E-state index in [0.717, 1.165) is 9.99 Å². The van der Waals surface area contributed by atoms with E-state index in [1.54, 1.807) is 6.20 Å². The van der Waals surface area contributed by atoms with Gasteiger partial charge in [-0.1, -0.05) is 48.0 Å². The van der Waals surface area contributed by atoms with Gasteiger partial charge in [0.2, 0.25) is 0 Å². The highest BCUT2D eigenvalue weighted by atomic mass is 127. The van der Waals surface area contributed by atoms with Gasteiger partial charge >= 0.3 is 0 Å². The van der Waals surface area contributed by atoms with Crippen LogP contribution in [-0.2, 0) is 5.41 Å². The summed E-state index contributed by atoms with van der Waals surface area (Å²) < 4.78 is 1.01. The van der Waals surface area contributed by atoms with Crippen LogP contribution < -0.4 is 0 Å². The Kier molecular flexibility index (Phi) is 3.29. The van der Waals surface area contributed by atoms with E-state index >= 15 is 0 Å². The van der Waals surface area contributed by atoms with Gasteiger partial charge in [-0.25, -0.2) is 0 Å². The van der Waals surface area contributed by atoms with Crippen molar-refractivity contribution >= 4 is 34.2 Å². The molecule has 1 aromatic rings. The normalized spacial score (nSPS) is 11.7. The lowest BCUT2D eigenvalue weighted by molar-refractivity contribution is 0.606. The zero-order chi connectivity index (χ0) is 9.19. The lowest BCUT2D eigenvalue weighted by Gasteiger charge is -2.22. The number of hydrogen-bond acceptors (Lipinski definition) is 2. The smallest absolute Gasteiger partial charge is 0.155 e. The second-order valence-electron chi connectivity index (χ2n) is 3.25. The van der Waals surface area contributed by atoms with E-state index in [0.29, 0.717) is 5.15 Å². The third-order valence-corrected chi connectivity index (χ3v) is 3.93. The maximum atomic E-state index is 5.91. The maximum Gasteiger partial charge on any atom is 0.155 e. The van der Waals surface area contributed by atoms with E-state index in [4.69, 9.17) is 11.6 Å². The van der Waals surface area contributed by atoms with Gasteiger partial charge in [0.25, 0.3) is 0 Å². The van der Waals surface area contributed by atoms with Gasteiger partial charge < -0.3 is 0 Å². The van der Waals surface area contributed by atoms with E-state index < -0.39 is 0 Å². The predicted molar refractivity (Wildman–Crippen MR) is 59.0 cm³/mol. The molecule has 0 atom stereocenters. The Morgan fingerprint density at radius 2 is 2.25 bits per heavy atom. The van der Waals surface area contributed by atoms with Gasteiger partial charge in [-0.15, -0.1) is 5.10 Å². The van der Waals surface area contributed by atoms with Crippen molar-refractivity contribution in [1.29, 1.82) is 0 Å². The lowest BCUT2D eigenvalue weighted by Crippen LogP contribution is -2.19. The summed E-state index contributed by atoms with van der Waals surface area (Å²) in [6.45, 7) is 4.28. The minimum absolute atomic E-state index is 0.0770. The van der Waals surface area contributed by atoms with Gasteiger partial charge in [0, 0.05) is 16.0 Å². The van der Waals surface area contributed by atoms with Crippen LogP contribution in [-0.4, -0.2) is 14.6 Å². The fraction of sp³-hybridized carbons (Fsp3) is 0.500. The minimum atomic E-state index is 0.0770. The fourth-order valence-corrected chi connectivity index (χ4v) is 1.66. The zero-order valence-electron chi connectivity index (χ0n) is 7.01. The molecule has 0 saturated carbocycles. The van der Waals surface area contributed by atoms with Gasteiger partial charge in [-0.2, -0.15) is 5.10 Å². The topological polar surface area (TPSA) is 25.8 Å². The molecule has 0 saturated heterocycles. The third-order valence-electron chi connectivity index (χ3n) is 1.74. The van der Waals surface area contributed by atoms with Crippen LogP contribution in [0.2, 0.25) is 5.15 Å². The van der Waals surface area contributed by atoms with Crippen molar-refractivity contribution < 1.29 is 0 Å². The first-order chi connectivity index (χ1) is 5.58. The van der Waals surface area contributed by atoms with Crippen molar-refractivity contribution in [3.05, 3.63) is 23.0 Å². The molecule has 0 radical (unpaired) electrons. The zero-order valence-corrected chi connectivity index (χ0v) is 9.93. The van der Waals surface area contributed by atoms with Crippen molar-refractivity contribution in [2.24, 2.45) is 0 Å². The van der Waals surface area contributed by atoms with Gasteiger partial charge in [-0.05, 0) is 11.6 Å². The molecule has 0 fully saturated rings. The molecule has 1 rings (SSSR count). The van der Waals surface area contributed by atoms with Crippen molar-refractivity contribution in [1.82, 2.24) is 10.2 Å².